The third-order valence-electron chi connectivity index (χ3n) is 6.41. The van der Waals surface area contributed by atoms with Crippen molar-refractivity contribution in [2.24, 2.45) is 0 Å². The maximum Gasteiger partial charge on any atom is 0.267 e. The number of carbonyl (C=O) groups excluding carboxylic acids is 1. The van der Waals surface area contributed by atoms with Crippen molar-refractivity contribution in [3.05, 3.63) is 52.8 Å². The first kappa shape index (κ1) is 23.9. The molecule has 1 N–H and O–H groups in total. The summed E-state index contributed by atoms with van der Waals surface area (Å²) in [6.07, 6.45) is 4.40. The van der Waals surface area contributed by atoms with E-state index in [1.165, 1.54) is 12.1 Å². The highest BCUT2D eigenvalue weighted by molar-refractivity contribution is 7.89. The summed E-state index contributed by atoms with van der Waals surface area (Å²) in [7, 11) is -3.79. The number of rotatable bonds is 7. The van der Waals surface area contributed by atoms with Gasteiger partial charge in [0, 0.05) is 19.2 Å². The zero-order valence-corrected chi connectivity index (χ0v) is 20.4. The predicted octanol–water partition coefficient (Wildman–Crippen LogP) is 3.21. The molecule has 5 rings (SSSR count). The summed E-state index contributed by atoms with van der Waals surface area (Å²) < 4.78 is 57.1. The number of benzene rings is 2. The zero-order chi connectivity index (χ0) is 24.6. The van der Waals surface area contributed by atoms with Crippen LogP contribution in [0.15, 0.2) is 30.3 Å². The van der Waals surface area contributed by atoms with Crippen molar-refractivity contribution in [1.82, 2.24) is 9.62 Å². The van der Waals surface area contributed by atoms with Gasteiger partial charge in [0.2, 0.25) is 10.0 Å². The second-order valence-corrected chi connectivity index (χ2v) is 11.2. The van der Waals surface area contributed by atoms with Gasteiger partial charge in [-0.2, -0.15) is 0 Å². The van der Waals surface area contributed by atoms with Crippen molar-refractivity contribution in [1.29, 1.82) is 0 Å². The van der Waals surface area contributed by atoms with E-state index in [0.29, 0.717) is 25.5 Å². The molecule has 2 fully saturated rings. The highest BCUT2D eigenvalue weighted by Gasteiger charge is 2.31. The molecule has 2 heterocycles. The summed E-state index contributed by atoms with van der Waals surface area (Å²) in [5, 5.41) is 0. The number of halogens is 1. The van der Waals surface area contributed by atoms with Crippen LogP contribution in [0.3, 0.4) is 0 Å². The molecular weight excluding hydrogens is 475 g/mol. The van der Waals surface area contributed by atoms with E-state index in [-0.39, 0.29) is 17.6 Å². The van der Waals surface area contributed by atoms with Crippen LogP contribution in [-0.2, 0) is 16.6 Å². The molecule has 35 heavy (non-hydrogen) atoms. The molecule has 1 saturated heterocycles. The van der Waals surface area contributed by atoms with Gasteiger partial charge in [-0.1, -0.05) is 6.07 Å². The number of nitrogens with one attached hydrogen (secondary N) is 1. The standard InChI is InChI=1S/C25H29FN2O6S/c1-35(30,31)27-25(29)20-12-19(17-5-6-17)23(13-21(20)26)34-18-3-2-8-28(15-18)14-16-4-7-22-24(11-16)33-10-9-32-22/h4,7,11-13,17-18H,2-3,5-6,8-10,14-15H2,1H3,(H,27,29)/t18-/m1/s1. The van der Waals surface area contributed by atoms with Crippen LogP contribution >= 0.6 is 0 Å². The molecular formula is C25H29FN2O6S. The van der Waals surface area contributed by atoms with E-state index in [9.17, 15) is 17.6 Å². The first-order valence-electron chi connectivity index (χ1n) is 11.9. The van der Waals surface area contributed by atoms with Gasteiger partial charge in [0.15, 0.2) is 11.5 Å². The quantitative estimate of drug-likeness (QED) is 0.619. The van der Waals surface area contributed by atoms with Gasteiger partial charge in [0.1, 0.15) is 30.9 Å². The maximum absolute atomic E-state index is 14.8. The van der Waals surface area contributed by atoms with Crippen molar-refractivity contribution < 1.29 is 31.8 Å². The largest absolute Gasteiger partial charge is 0.489 e. The van der Waals surface area contributed by atoms with Crippen LogP contribution in [0.2, 0.25) is 0 Å². The smallest absolute Gasteiger partial charge is 0.267 e. The van der Waals surface area contributed by atoms with Gasteiger partial charge in [-0.15, -0.1) is 0 Å². The van der Waals surface area contributed by atoms with Crippen LogP contribution in [0, 0.1) is 5.82 Å². The number of piperidine rings is 1. The number of sulfonamides is 1. The highest BCUT2D eigenvalue weighted by atomic mass is 32.2. The van der Waals surface area contributed by atoms with Gasteiger partial charge in [-0.05, 0) is 67.5 Å². The molecule has 3 aliphatic rings. The molecule has 0 radical (unpaired) electrons. The third-order valence-corrected chi connectivity index (χ3v) is 6.96. The average Bonchev–Trinajstić information content (AvgIpc) is 3.63. The number of amides is 1. The van der Waals surface area contributed by atoms with Gasteiger partial charge < -0.3 is 14.2 Å². The molecule has 0 bridgehead atoms. The van der Waals surface area contributed by atoms with E-state index in [4.69, 9.17) is 14.2 Å². The van der Waals surface area contributed by atoms with E-state index in [0.717, 1.165) is 67.7 Å². The lowest BCUT2D eigenvalue weighted by atomic mass is 10.0. The van der Waals surface area contributed by atoms with Gasteiger partial charge in [-0.3, -0.25) is 9.69 Å². The van der Waals surface area contributed by atoms with Gasteiger partial charge in [0.25, 0.3) is 5.91 Å². The van der Waals surface area contributed by atoms with Crippen LogP contribution in [0.5, 0.6) is 17.2 Å². The van der Waals surface area contributed by atoms with E-state index in [1.54, 1.807) is 0 Å². The Morgan fingerprint density at radius 2 is 1.91 bits per heavy atom. The van der Waals surface area contributed by atoms with E-state index < -0.39 is 21.7 Å². The Bertz CT molecular complexity index is 1230. The minimum absolute atomic E-state index is 0.117. The second-order valence-electron chi connectivity index (χ2n) is 9.44. The fourth-order valence-electron chi connectivity index (χ4n) is 4.66. The molecule has 1 amide bonds. The number of nitrogens with zero attached hydrogens (tertiary/aromatic N) is 1. The Morgan fingerprint density at radius 3 is 2.66 bits per heavy atom. The van der Waals surface area contributed by atoms with Crippen LogP contribution < -0.4 is 18.9 Å². The number of fused-ring (bicyclic) bond motifs is 1. The zero-order valence-electron chi connectivity index (χ0n) is 19.6. The molecule has 1 saturated carbocycles. The minimum atomic E-state index is -3.79. The van der Waals surface area contributed by atoms with Gasteiger partial charge in [0.05, 0.1) is 11.8 Å². The summed E-state index contributed by atoms with van der Waals surface area (Å²) >= 11 is 0. The molecule has 2 aromatic carbocycles. The Balaban J connectivity index is 1.29. The van der Waals surface area contributed by atoms with Crippen molar-refractivity contribution in [3.63, 3.8) is 0 Å². The summed E-state index contributed by atoms with van der Waals surface area (Å²) in [5.41, 5.74) is 1.60. The molecule has 8 nitrogen and oxygen atoms in total. The van der Waals surface area contributed by atoms with Gasteiger partial charge in [-0.25, -0.2) is 17.5 Å². The summed E-state index contributed by atoms with van der Waals surface area (Å²) in [6, 6.07) is 8.66. The van der Waals surface area contributed by atoms with Crippen molar-refractivity contribution in [2.45, 2.75) is 44.2 Å². The number of hydrogen-bond acceptors (Lipinski definition) is 7. The molecule has 2 aromatic rings. The summed E-state index contributed by atoms with van der Waals surface area (Å²) in [5.74, 6) is 0.391. The second kappa shape index (κ2) is 9.66. The van der Waals surface area contributed by atoms with Crippen molar-refractivity contribution in [2.75, 3.05) is 32.6 Å². The average molecular weight is 505 g/mol. The summed E-state index contributed by atoms with van der Waals surface area (Å²) in [6.45, 7) is 3.47. The Kier molecular flexibility index (Phi) is 6.59. The predicted molar refractivity (Wildman–Crippen MR) is 127 cm³/mol. The first-order chi connectivity index (χ1) is 16.7. The molecule has 0 spiro atoms. The Morgan fingerprint density at radius 1 is 1.14 bits per heavy atom. The lowest BCUT2D eigenvalue weighted by Crippen LogP contribution is -2.40. The Labute approximate surface area is 204 Å². The molecule has 10 heteroatoms. The molecule has 0 unspecified atom stereocenters. The SMILES string of the molecule is CS(=O)(=O)NC(=O)c1cc(C2CC2)c(O[C@@H]2CCCN(Cc3ccc4c(c3)OCCO4)C2)cc1F. The molecule has 0 aromatic heterocycles. The van der Waals surface area contributed by atoms with Crippen LogP contribution in [-0.4, -0.2) is 57.9 Å². The Hall–Kier alpha value is -2.85. The van der Waals surface area contributed by atoms with Crippen molar-refractivity contribution >= 4 is 15.9 Å². The topological polar surface area (TPSA) is 94.2 Å². The number of ether oxygens (including phenoxy) is 3. The van der Waals surface area contributed by atoms with Gasteiger partial charge >= 0.3 is 0 Å². The lowest BCUT2D eigenvalue weighted by molar-refractivity contribution is 0.0831. The normalized spacial score (nSPS) is 20.3. The third kappa shape index (κ3) is 5.87. The lowest BCUT2D eigenvalue weighted by Gasteiger charge is -2.33. The molecule has 2 aliphatic heterocycles. The molecule has 1 atom stereocenters. The van der Waals surface area contributed by atoms with Crippen LogP contribution in [0.1, 0.15) is 53.1 Å². The first-order valence-corrected chi connectivity index (χ1v) is 13.8. The maximum atomic E-state index is 14.8. The van der Waals surface area contributed by atoms with E-state index >= 15 is 0 Å². The highest BCUT2D eigenvalue weighted by Crippen LogP contribution is 2.45. The fraction of sp³-hybridized carbons (Fsp3) is 0.480. The van der Waals surface area contributed by atoms with E-state index in [2.05, 4.69) is 4.90 Å². The molecule has 188 valence electrons. The minimum Gasteiger partial charge on any atom is -0.489 e. The number of likely N-dealkylation sites (tertiary alicyclic amines) is 1. The van der Waals surface area contributed by atoms with Crippen molar-refractivity contribution in [3.8, 4) is 17.2 Å². The number of carbonyl (C=O) groups is 1. The monoisotopic (exact) mass is 504 g/mol. The van der Waals surface area contributed by atoms with E-state index in [1.807, 2.05) is 22.9 Å². The van der Waals surface area contributed by atoms with Crippen LogP contribution in [0.25, 0.3) is 0 Å². The number of hydrogen-bond donors (Lipinski definition) is 1. The van der Waals surface area contributed by atoms with Crippen LogP contribution in [0.4, 0.5) is 4.39 Å². The fourth-order valence-corrected chi connectivity index (χ4v) is 5.11. The summed E-state index contributed by atoms with van der Waals surface area (Å²) in [4.78, 5) is 14.6. The molecule has 1 aliphatic carbocycles.